The van der Waals surface area contributed by atoms with Gasteiger partial charge in [0.05, 0.1) is 12.8 Å². The Kier molecular flexibility index (Phi) is 3.22. The summed E-state index contributed by atoms with van der Waals surface area (Å²) in [5, 5.41) is 9.91. The van der Waals surface area contributed by atoms with Crippen molar-refractivity contribution in [2.75, 3.05) is 25.1 Å². The highest BCUT2D eigenvalue weighted by atomic mass is 16.5. The number of aromatic hydroxyl groups is 1. The maximum atomic E-state index is 11.7. The molecular formula is C13H17NO3. The third-order valence-corrected chi connectivity index (χ3v) is 3.08. The molecule has 0 saturated carbocycles. The molecule has 17 heavy (non-hydrogen) atoms. The van der Waals surface area contributed by atoms with E-state index in [1.54, 1.807) is 6.07 Å². The van der Waals surface area contributed by atoms with Crippen molar-refractivity contribution >= 4 is 11.7 Å². The van der Waals surface area contributed by atoms with Crippen LogP contribution < -0.4 is 4.90 Å². The van der Waals surface area contributed by atoms with Crippen LogP contribution in [-0.4, -0.2) is 31.3 Å². The second-order valence-electron chi connectivity index (χ2n) is 4.36. The van der Waals surface area contributed by atoms with Crippen molar-refractivity contribution in [3.05, 3.63) is 23.3 Å². The SMILES string of the molecule is COC(=O)c1c(O)cc(C)cc1N1CCCC1. The van der Waals surface area contributed by atoms with Gasteiger partial charge in [0, 0.05) is 13.1 Å². The quantitative estimate of drug-likeness (QED) is 0.797. The number of hydrogen-bond acceptors (Lipinski definition) is 4. The second-order valence-corrected chi connectivity index (χ2v) is 4.36. The van der Waals surface area contributed by atoms with Gasteiger partial charge in [0.1, 0.15) is 11.3 Å². The fraction of sp³-hybridized carbons (Fsp3) is 0.462. The normalized spacial score (nSPS) is 15.1. The first-order chi connectivity index (χ1) is 8.13. The van der Waals surface area contributed by atoms with Gasteiger partial charge in [-0.15, -0.1) is 0 Å². The molecule has 0 unspecified atom stereocenters. The van der Waals surface area contributed by atoms with E-state index < -0.39 is 5.97 Å². The number of anilines is 1. The van der Waals surface area contributed by atoms with Crippen LogP contribution in [0.5, 0.6) is 5.75 Å². The van der Waals surface area contributed by atoms with E-state index in [0.717, 1.165) is 37.2 Å². The number of carbonyl (C=O) groups excluding carboxylic acids is 1. The van der Waals surface area contributed by atoms with Crippen LogP contribution in [0.2, 0.25) is 0 Å². The van der Waals surface area contributed by atoms with Crippen molar-refractivity contribution in [3.8, 4) is 5.75 Å². The third kappa shape index (κ3) is 2.20. The largest absolute Gasteiger partial charge is 0.507 e. The number of phenolic OH excluding ortho intramolecular Hbond substituents is 1. The van der Waals surface area contributed by atoms with Crippen molar-refractivity contribution in [2.45, 2.75) is 19.8 Å². The molecule has 4 heteroatoms. The van der Waals surface area contributed by atoms with Crippen molar-refractivity contribution in [1.29, 1.82) is 0 Å². The average molecular weight is 235 g/mol. The molecule has 0 aliphatic carbocycles. The van der Waals surface area contributed by atoms with Crippen molar-refractivity contribution in [1.82, 2.24) is 0 Å². The second kappa shape index (κ2) is 4.65. The van der Waals surface area contributed by atoms with E-state index in [9.17, 15) is 9.90 Å². The molecule has 0 radical (unpaired) electrons. The van der Waals surface area contributed by atoms with Crippen LogP contribution in [0.4, 0.5) is 5.69 Å². The number of esters is 1. The van der Waals surface area contributed by atoms with E-state index in [4.69, 9.17) is 4.74 Å². The Bertz CT molecular complexity index is 437. The Labute approximate surface area is 101 Å². The summed E-state index contributed by atoms with van der Waals surface area (Å²) in [5.41, 5.74) is 2.00. The molecule has 0 bridgehead atoms. The number of carbonyl (C=O) groups is 1. The standard InChI is InChI=1S/C13H17NO3/c1-9-7-10(14-5-3-4-6-14)12(11(15)8-9)13(16)17-2/h7-8,15H,3-6H2,1-2H3. The van der Waals surface area contributed by atoms with Gasteiger partial charge < -0.3 is 14.7 Å². The number of methoxy groups -OCH3 is 1. The zero-order valence-electron chi connectivity index (χ0n) is 10.2. The Hall–Kier alpha value is -1.71. The lowest BCUT2D eigenvalue weighted by molar-refractivity contribution is 0.0598. The molecule has 1 aliphatic heterocycles. The van der Waals surface area contributed by atoms with E-state index in [2.05, 4.69) is 4.90 Å². The highest BCUT2D eigenvalue weighted by Crippen LogP contribution is 2.33. The zero-order chi connectivity index (χ0) is 12.4. The molecule has 1 aromatic rings. The molecule has 0 atom stereocenters. The molecule has 0 amide bonds. The predicted molar refractivity (Wildman–Crippen MR) is 65.6 cm³/mol. The molecule has 2 rings (SSSR count). The van der Waals surface area contributed by atoms with Crippen LogP contribution in [0.1, 0.15) is 28.8 Å². The number of nitrogens with zero attached hydrogens (tertiary/aromatic N) is 1. The predicted octanol–water partition coefficient (Wildman–Crippen LogP) is 2.09. The van der Waals surface area contributed by atoms with E-state index in [-0.39, 0.29) is 11.3 Å². The van der Waals surface area contributed by atoms with Gasteiger partial charge in [0.2, 0.25) is 0 Å². The summed E-state index contributed by atoms with van der Waals surface area (Å²) in [5.74, 6) is -0.483. The first kappa shape index (κ1) is 11.8. The Morgan fingerprint density at radius 1 is 1.35 bits per heavy atom. The summed E-state index contributed by atoms with van der Waals surface area (Å²) in [6, 6.07) is 3.52. The molecule has 0 spiro atoms. The Balaban J connectivity index is 2.50. The van der Waals surface area contributed by atoms with Gasteiger partial charge in [0.15, 0.2) is 0 Å². The van der Waals surface area contributed by atoms with E-state index in [1.807, 2.05) is 13.0 Å². The minimum absolute atomic E-state index is 0.00116. The van der Waals surface area contributed by atoms with Gasteiger partial charge in [-0.25, -0.2) is 4.79 Å². The van der Waals surface area contributed by atoms with Crippen molar-refractivity contribution < 1.29 is 14.6 Å². The number of phenols is 1. The van der Waals surface area contributed by atoms with Gasteiger partial charge in [-0.1, -0.05) is 0 Å². The number of benzene rings is 1. The summed E-state index contributed by atoms with van der Waals surface area (Å²) in [7, 11) is 1.33. The monoisotopic (exact) mass is 235 g/mol. The summed E-state index contributed by atoms with van der Waals surface area (Å²) in [4.78, 5) is 13.8. The lowest BCUT2D eigenvalue weighted by Gasteiger charge is -2.21. The van der Waals surface area contributed by atoms with Crippen LogP contribution in [0.3, 0.4) is 0 Å². The molecular weight excluding hydrogens is 218 g/mol. The lowest BCUT2D eigenvalue weighted by atomic mass is 10.1. The highest BCUT2D eigenvalue weighted by molar-refractivity contribution is 5.99. The van der Waals surface area contributed by atoms with E-state index in [0.29, 0.717) is 0 Å². The van der Waals surface area contributed by atoms with Gasteiger partial charge >= 0.3 is 5.97 Å². The molecule has 92 valence electrons. The van der Waals surface area contributed by atoms with Crippen LogP contribution in [0.25, 0.3) is 0 Å². The molecule has 0 aromatic heterocycles. The van der Waals surface area contributed by atoms with Gasteiger partial charge in [-0.2, -0.15) is 0 Å². The smallest absolute Gasteiger partial charge is 0.343 e. The van der Waals surface area contributed by atoms with Gasteiger partial charge in [-0.3, -0.25) is 0 Å². The maximum Gasteiger partial charge on any atom is 0.343 e. The molecule has 4 nitrogen and oxygen atoms in total. The van der Waals surface area contributed by atoms with Crippen LogP contribution in [0.15, 0.2) is 12.1 Å². The summed E-state index contributed by atoms with van der Waals surface area (Å²) >= 11 is 0. The van der Waals surface area contributed by atoms with E-state index >= 15 is 0 Å². The van der Waals surface area contributed by atoms with Crippen LogP contribution >= 0.6 is 0 Å². The zero-order valence-corrected chi connectivity index (χ0v) is 10.2. The first-order valence-electron chi connectivity index (χ1n) is 5.80. The summed E-state index contributed by atoms with van der Waals surface area (Å²) in [6.45, 7) is 3.75. The Morgan fingerprint density at radius 2 is 2.00 bits per heavy atom. The molecule has 1 aromatic carbocycles. The molecule has 1 fully saturated rings. The summed E-state index contributed by atoms with van der Waals surface area (Å²) in [6.07, 6.45) is 2.24. The Morgan fingerprint density at radius 3 is 2.59 bits per heavy atom. The number of aryl methyl sites for hydroxylation is 1. The van der Waals surface area contributed by atoms with Gasteiger partial charge in [0.25, 0.3) is 0 Å². The van der Waals surface area contributed by atoms with Crippen LogP contribution in [0, 0.1) is 6.92 Å². The maximum absolute atomic E-state index is 11.7. The molecule has 1 saturated heterocycles. The van der Waals surface area contributed by atoms with Crippen molar-refractivity contribution in [2.24, 2.45) is 0 Å². The first-order valence-corrected chi connectivity index (χ1v) is 5.80. The van der Waals surface area contributed by atoms with E-state index in [1.165, 1.54) is 7.11 Å². The molecule has 1 heterocycles. The minimum atomic E-state index is -0.482. The third-order valence-electron chi connectivity index (χ3n) is 3.08. The fourth-order valence-electron chi connectivity index (χ4n) is 2.27. The number of hydrogen-bond donors (Lipinski definition) is 1. The number of ether oxygens (including phenoxy) is 1. The van der Waals surface area contributed by atoms with Gasteiger partial charge in [-0.05, 0) is 37.5 Å². The fourth-order valence-corrected chi connectivity index (χ4v) is 2.27. The van der Waals surface area contributed by atoms with Crippen LogP contribution in [-0.2, 0) is 4.74 Å². The lowest BCUT2D eigenvalue weighted by Crippen LogP contribution is -2.21. The van der Waals surface area contributed by atoms with Crippen molar-refractivity contribution in [3.63, 3.8) is 0 Å². The summed E-state index contributed by atoms with van der Waals surface area (Å²) < 4.78 is 4.73. The molecule has 1 aliphatic rings. The topological polar surface area (TPSA) is 49.8 Å². The number of rotatable bonds is 2. The minimum Gasteiger partial charge on any atom is -0.507 e. The molecule has 1 N–H and O–H groups in total. The average Bonchev–Trinajstić information content (AvgIpc) is 2.80. The highest BCUT2D eigenvalue weighted by Gasteiger charge is 2.23.